The van der Waals surface area contributed by atoms with Gasteiger partial charge in [0.2, 0.25) is 0 Å². The van der Waals surface area contributed by atoms with Gasteiger partial charge in [-0.1, -0.05) is 24.3 Å². The van der Waals surface area contributed by atoms with Gasteiger partial charge in [0.05, 0.1) is 12.3 Å². The van der Waals surface area contributed by atoms with Crippen LogP contribution in [-0.2, 0) is 6.61 Å². The zero-order chi connectivity index (χ0) is 20.4. The van der Waals surface area contributed by atoms with Crippen LogP contribution < -0.4 is 5.32 Å². The van der Waals surface area contributed by atoms with Gasteiger partial charge in [0.25, 0.3) is 5.91 Å². The Hall–Kier alpha value is -4.02. The third-order valence-corrected chi connectivity index (χ3v) is 4.50. The average Bonchev–Trinajstić information content (AvgIpc) is 3.17. The fourth-order valence-electron chi connectivity index (χ4n) is 3.05. The highest BCUT2D eigenvalue weighted by molar-refractivity contribution is 6.04. The number of nitrogens with zero attached hydrogens (tertiary/aromatic N) is 3. The lowest BCUT2D eigenvalue weighted by molar-refractivity contribution is 0.102. The molecule has 0 radical (unpaired) electrons. The van der Waals surface area contributed by atoms with Gasteiger partial charge in [0, 0.05) is 12.4 Å². The first kappa shape index (κ1) is 18.3. The van der Waals surface area contributed by atoms with E-state index >= 15 is 0 Å². The number of carbonyl (C=O) groups excluding carboxylic acids is 1. The Morgan fingerprint density at radius 1 is 1.14 bits per heavy atom. The van der Waals surface area contributed by atoms with E-state index in [0.29, 0.717) is 5.65 Å². The van der Waals surface area contributed by atoms with E-state index in [1.807, 2.05) is 36.5 Å². The Balaban J connectivity index is 1.65. The standard InChI is InChI=1S/C22H15FN4O2/c23-18-5-2-6-19(17(18)10-24)26-22(29)20-12-27-11-16(7-8-21(27)25-20)15-4-1-3-14(9-15)13-28/h1-9,11-12,28H,13H2,(H,26,29). The van der Waals surface area contributed by atoms with E-state index < -0.39 is 11.7 Å². The molecule has 2 heterocycles. The summed E-state index contributed by atoms with van der Waals surface area (Å²) < 4.78 is 15.4. The quantitative estimate of drug-likeness (QED) is 0.559. The molecule has 1 amide bonds. The molecule has 0 aliphatic rings. The summed E-state index contributed by atoms with van der Waals surface area (Å²) in [5.41, 5.74) is 3.20. The number of imidazole rings is 1. The lowest BCUT2D eigenvalue weighted by atomic mass is 10.1. The zero-order valence-electron chi connectivity index (χ0n) is 15.1. The number of anilines is 1. The fraction of sp³-hybridized carbons (Fsp3) is 0.0455. The van der Waals surface area contributed by atoms with Crippen molar-refractivity contribution in [3.63, 3.8) is 0 Å². The molecule has 4 aromatic rings. The van der Waals surface area contributed by atoms with Crippen molar-refractivity contribution in [2.75, 3.05) is 5.32 Å². The Kier molecular flexibility index (Phi) is 4.77. The number of fused-ring (bicyclic) bond motifs is 1. The molecule has 0 saturated heterocycles. The van der Waals surface area contributed by atoms with Crippen LogP contribution in [-0.4, -0.2) is 20.4 Å². The minimum absolute atomic E-state index is 0.0454. The van der Waals surface area contributed by atoms with Crippen molar-refractivity contribution in [2.24, 2.45) is 0 Å². The maximum Gasteiger partial charge on any atom is 0.275 e. The molecule has 4 rings (SSSR count). The highest BCUT2D eigenvalue weighted by Crippen LogP contribution is 2.22. The number of aliphatic hydroxyl groups is 1. The number of hydrogen-bond acceptors (Lipinski definition) is 4. The van der Waals surface area contributed by atoms with Crippen LogP contribution in [0.25, 0.3) is 16.8 Å². The van der Waals surface area contributed by atoms with E-state index in [2.05, 4.69) is 10.3 Å². The van der Waals surface area contributed by atoms with Crippen LogP contribution in [0.15, 0.2) is 67.0 Å². The SMILES string of the molecule is N#Cc1c(F)cccc1NC(=O)c1cn2cc(-c3cccc(CO)c3)ccc2n1. The second-order valence-corrected chi connectivity index (χ2v) is 6.40. The zero-order valence-corrected chi connectivity index (χ0v) is 15.1. The van der Waals surface area contributed by atoms with E-state index in [1.165, 1.54) is 12.1 Å². The molecule has 6 nitrogen and oxygen atoms in total. The lowest BCUT2D eigenvalue weighted by Crippen LogP contribution is -2.13. The average molecular weight is 386 g/mol. The van der Waals surface area contributed by atoms with Crippen molar-refractivity contribution in [2.45, 2.75) is 6.61 Å². The summed E-state index contributed by atoms with van der Waals surface area (Å²) in [5, 5.41) is 20.9. The van der Waals surface area contributed by atoms with Gasteiger partial charge < -0.3 is 14.8 Å². The Labute approximate surface area is 165 Å². The summed E-state index contributed by atoms with van der Waals surface area (Å²) in [6, 6.07) is 17.0. The lowest BCUT2D eigenvalue weighted by Gasteiger charge is -2.05. The van der Waals surface area contributed by atoms with Gasteiger partial charge in [-0.2, -0.15) is 5.26 Å². The summed E-state index contributed by atoms with van der Waals surface area (Å²) in [7, 11) is 0. The monoisotopic (exact) mass is 386 g/mol. The van der Waals surface area contributed by atoms with Crippen molar-refractivity contribution < 1.29 is 14.3 Å². The molecule has 0 bridgehead atoms. The highest BCUT2D eigenvalue weighted by Gasteiger charge is 2.15. The van der Waals surface area contributed by atoms with Crippen molar-refractivity contribution in [3.05, 3.63) is 89.6 Å². The van der Waals surface area contributed by atoms with Gasteiger partial charge in [-0.3, -0.25) is 4.79 Å². The number of hydrogen-bond donors (Lipinski definition) is 2. The van der Waals surface area contributed by atoms with E-state index in [0.717, 1.165) is 22.8 Å². The molecule has 7 heteroatoms. The number of pyridine rings is 1. The number of halogens is 1. The topological polar surface area (TPSA) is 90.4 Å². The molecule has 142 valence electrons. The van der Waals surface area contributed by atoms with Crippen molar-refractivity contribution in [3.8, 4) is 17.2 Å². The van der Waals surface area contributed by atoms with Crippen molar-refractivity contribution in [1.29, 1.82) is 5.26 Å². The Morgan fingerprint density at radius 3 is 2.76 bits per heavy atom. The molecule has 2 N–H and O–H groups in total. The number of aliphatic hydroxyl groups excluding tert-OH is 1. The smallest absolute Gasteiger partial charge is 0.275 e. The molecule has 29 heavy (non-hydrogen) atoms. The predicted octanol–water partition coefficient (Wildman–Crippen LogP) is 3.76. The summed E-state index contributed by atoms with van der Waals surface area (Å²) in [6.45, 7) is -0.0454. The summed E-state index contributed by atoms with van der Waals surface area (Å²) in [5.74, 6) is -1.24. The van der Waals surface area contributed by atoms with Gasteiger partial charge in [0.15, 0.2) is 0 Å². The molecule has 0 fully saturated rings. The summed E-state index contributed by atoms with van der Waals surface area (Å²) in [4.78, 5) is 16.8. The molecule has 0 aliphatic carbocycles. The maximum absolute atomic E-state index is 13.7. The van der Waals surface area contributed by atoms with Crippen LogP contribution in [0.5, 0.6) is 0 Å². The molecular formula is C22H15FN4O2. The number of benzene rings is 2. The molecule has 0 aliphatic heterocycles. The first-order chi connectivity index (χ1) is 14.1. The van der Waals surface area contributed by atoms with E-state index in [9.17, 15) is 14.3 Å². The van der Waals surface area contributed by atoms with Gasteiger partial charge in [-0.25, -0.2) is 9.37 Å². The number of nitrogens with one attached hydrogen (secondary N) is 1. The van der Waals surface area contributed by atoms with Crippen LogP contribution >= 0.6 is 0 Å². The van der Waals surface area contributed by atoms with E-state index in [1.54, 1.807) is 22.7 Å². The molecule has 0 atom stereocenters. The molecule has 2 aromatic carbocycles. The van der Waals surface area contributed by atoms with E-state index in [-0.39, 0.29) is 23.6 Å². The van der Waals surface area contributed by atoms with Gasteiger partial charge in [0.1, 0.15) is 28.8 Å². The Bertz CT molecular complexity index is 1270. The van der Waals surface area contributed by atoms with Crippen LogP contribution in [0, 0.1) is 17.1 Å². The summed E-state index contributed by atoms with van der Waals surface area (Å²) >= 11 is 0. The second-order valence-electron chi connectivity index (χ2n) is 6.40. The van der Waals surface area contributed by atoms with E-state index in [4.69, 9.17) is 5.26 Å². The third-order valence-electron chi connectivity index (χ3n) is 4.50. The second kappa shape index (κ2) is 7.54. The first-order valence-electron chi connectivity index (χ1n) is 8.78. The highest BCUT2D eigenvalue weighted by atomic mass is 19.1. The molecule has 2 aromatic heterocycles. The van der Waals surface area contributed by atoms with Crippen LogP contribution in [0.4, 0.5) is 10.1 Å². The van der Waals surface area contributed by atoms with Crippen molar-refractivity contribution in [1.82, 2.24) is 9.38 Å². The fourth-order valence-corrected chi connectivity index (χ4v) is 3.05. The Morgan fingerprint density at radius 2 is 1.97 bits per heavy atom. The third kappa shape index (κ3) is 3.57. The largest absolute Gasteiger partial charge is 0.392 e. The van der Waals surface area contributed by atoms with Crippen LogP contribution in [0.1, 0.15) is 21.6 Å². The van der Waals surface area contributed by atoms with Crippen molar-refractivity contribution >= 4 is 17.2 Å². The number of carbonyl (C=O) groups is 1. The van der Waals surface area contributed by atoms with Gasteiger partial charge in [-0.15, -0.1) is 0 Å². The van der Waals surface area contributed by atoms with Crippen LogP contribution in [0.2, 0.25) is 0 Å². The molecule has 0 saturated carbocycles. The van der Waals surface area contributed by atoms with Gasteiger partial charge in [-0.05, 0) is 47.0 Å². The normalized spacial score (nSPS) is 10.7. The number of rotatable bonds is 4. The number of aromatic nitrogens is 2. The minimum atomic E-state index is -0.699. The maximum atomic E-state index is 13.7. The molecule has 0 unspecified atom stereocenters. The molecular weight excluding hydrogens is 371 g/mol. The number of nitriles is 1. The minimum Gasteiger partial charge on any atom is -0.392 e. The first-order valence-corrected chi connectivity index (χ1v) is 8.78. The van der Waals surface area contributed by atoms with Crippen LogP contribution in [0.3, 0.4) is 0 Å². The number of amides is 1. The molecule has 0 spiro atoms. The predicted molar refractivity (Wildman–Crippen MR) is 106 cm³/mol. The summed E-state index contributed by atoms with van der Waals surface area (Å²) in [6.07, 6.45) is 3.40. The van der Waals surface area contributed by atoms with Gasteiger partial charge >= 0.3 is 0 Å².